The minimum Gasteiger partial charge on any atom is -0.314 e. The van der Waals surface area contributed by atoms with Crippen LogP contribution in [0.1, 0.15) is 19.4 Å². The van der Waals surface area contributed by atoms with E-state index < -0.39 is 0 Å². The fraction of sp³-hybridized carbons (Fsp3) is 0.583. The van der Waals surface area contributed by atoms with Crippen LogP contribution in [0.5, 0.6) is 0 Å². The lowest BCUT2D eigenvalue weighted by Gasteiger charge is -2.43. The van der Waals surface area contributed by atoms with Crippen molar-refractivity contribution >= 4 is 11.6 Å². The normalized spacial score (nSPS) is 20.9. The van der Waals surface area contributed by atoms with Crippen LogP contribution < -0.4 is 5.32 Å². The highest BCUT2D eigenvalue weighted by Crippen LogP contribution is 2.22. The number of halogens is 1. The molecule has 0 amide bonds. The highest BCUT2D eigenvalue weighted by molar-refractivity contribution is 6.31. The van der Waals surface area contributed by atoms with Gasteiger partial charge in [0.15, 0.2) is 0 Å². The van der Waals surface area contributed by atoms with Gasteiger partial charge in [0, 0.05) is 44.1 Å². The minimum absolute atomic E-state index is 0.185. The number of pyridine rings is 1. The molecular weight excluding hydrogens is 222 g/mol. The average Bonchev–Trinajstić information content (AvgIpc) is 2.24. The number of aromatic nitrogens is 1. The van der Waals surface area contributed by atoms with Crippen molar-refractivity contribution in [3.63, 3.8) is 0 Å². The van der Waals surface area contributed by atoms with Crippen molar-refractivity contribution < 1.29 is 0 Å². The summed E-state index contributed by atoms with van der Waals surface area (Å²) in [6.45, 7) is 8.55. The van der Waals surface area contributed by atoms with Gasteiger partial charge in [-0.05, 0) is 25.5 Å². The van der Waals surface area contributed by atoms with Gasteiger partial charge in [-0.1, -0.05) is 11.6 Å². The Kier molecular flexibility index (Phi) is 3.47. The first kappa shape index (κ1) is 11.8. The topological polar surface area (TPSA) is 28.2 Å². The van der Waals surface area contributed by atoms with Crippen molar-refractivity contribution in [3.05, 3.63) is 29.0 Å². The summed E-state index contributed by atoms with van der Waals surface area (Å²) in [6, 6.07) is 2.00. The van der Waals surface area contributed by atoms with E-state index in [4.69, 9.17) is 11.6 Å². The molecule has 0 atom stereocenters. The van der Waals surface area contributed by atoms with Crippen molar-refractivity contribution in [2.75, 3.05) is 19.6 Å². The van der Waals surface area contributed by atoms with Gasteiger partial charge in [0.25, 0.3) is 0 Å². The zero-order valence-electron chi connectivity index (χ0n) is 9.83. The Balaban J connectivity index is 2.12. The maximum Gasteiger partial charge on any atom is 0.0634 e. The van der Waals surface area contributed by atoms with E-state index in [1.807, 2.05) is 6.07 Å². The van der Waals surface area contributed by atoms with Crippen molar-refractivity contribution in [2.24, 2.45) is 0 Å². The SMILES string of the molecule is CC1(C)CNCCN1Cc1ccncc1Cl. The first-order chi connectivity index (χ1) is 7.59. The lowest BCUT2D eigenvalue weighted by atomic mass is 9.99. The van der Waals surface area contributed by atoms with E-state index in [0.717, 1.165) is 36.8 Å². The summed E-state index contributed by atoms with van der Waals surface area (Å²) < 4.78 is 0. The van der Waals surface area contributed by atoms with E-state index in [2.05, 4.69) is 29.0 Å². The van der Waals surface area contributed by atoms with Gasteiger partial charge in [-0.3, -0.25) is 9.88 Å². The maximum atomic E-state index is 6.13. The fourth-order valence-electron chi connectivity index (χ4n) is 2.05. The van der Waals surface area contributed by atoms with Gasteiger partial charge in [-0.2, -0.15) is 0 Å². The second kappa shape index (κ2) is 4.70. The van der Waals surface area contributed by atoms with Crippen molar-refractivity contribution in [3.8, 4) is 0 Å². The number of hydrogen-bond donors (Lipinski definition) is 1. The lowest BCUT2D eigenvalue weighted by Crippen LogP contribution is -2.57. The molecule has 3 nitrogen and oxygen atoms in total. The largest absolute Gasteiger partial charge is 0.314 e. The summed E-state index contributed by atoms with van der Waals surface area (Å²) in [4.78, 5) is 6.47. The molecule has 1 aromatic rings. The molecule has 1 aliphatic heterocycles. The van der Waals surface area contributed by atoms with Crippen molar-refractivity contribution in [1.82, 2.24) is 15.2 Å². The van der Waals surface area contributed by atoms with Crippen LogP contribution in [-0.4, -0.2) is 35.1 Å². The molecule has 16 heavy (non-hydrogen) atoms. The first-order valence-corrected chi connectivity index (χ1v) is 6.01. The Morgan fingerprint density at radius 1 is 1.56 bits per heavy atom. The number of nitrogens with one attached hydrogen (secondary N) is 1. The predicted octanol–water partition coefficient (Wildman–Crippen LogP) is 1.92. The van der Waals surface area contributed by atoms with Gasteiger partial charge in [-0.25, -0.2) is 0 Å². The Labute approximate surface area is 102 Å². The van der Waals surface area contributed by atoms with Crippen LogP contribution in [0.2, 0.25) is 5.02 Å². The van der Waals surface area contributed by atoms with Crippen LogP contribution in [0.4, 0.5) is 0 Å². The Hall–Kier alpha value is -0.640. The zero-order chi connectivity index (χ0) is 11.6. The smallest absolute Gasteiger partial charge is 0.0634 e. The van der Waals surface area contributed by atoms with Gasteiger partial charge < -0.3 is 5.32 Å². The highest BCUT2D eigenvalue weighted by atomic mass is 35.5. The van der Waals surface area contributed by atoms with E-state index in [-0.39, 0.29) is 5.54 Å². The summed E-state index contributed by atoms with van der Waals surface area (Å²) in [5.74, 6) is 0. The maximum absolute atomic E-state index is 6.13. The number of piperazine rings is 1. The molecule has 1 aliphatic rings. The zero-order valence-corrected chi connectivity index (χ0v) is 10.6. The molecule has 88 valence electrons. The number of rotatable bonds is 2. The Morgan fingerprint density at radius 2 is 2.38 bits per heavy atom. The molecule has 1 aromatic heterocycles. The third kappa shape index (κ3) is 2.54. The van der Waals surface area contributed by atoms with Crippen LogP contribution >= 0.6 is 11.6 Å². The third-order valence-corrected chi connectivity index (χ3v) is 3.53. The van der Waals surface area contributed by atoms with Crippen LogP contribution in [-0.2, 0) is 6.54 Å². The molecule has 0 aromatic carbocycles. The summed E-state index contributed by atoms with van der Waals surface area (Å²) in [5.41, 5.74) is 1.34. The monoisotopic (exact) mass is 239 g/mol. The fourth-order valence-corrected chi connectivity index (χ4v) is 2.23. The highest BCUT2D eigenvalue weighted by Gasteiger charge is 2.29. The van der Waals surface area contributed by atoms with E-state index in [0.29, 0.717) is 0 Å². The number of nitrogens with zero attached hydrogens (tertiary/aromatic N) is 2. The second-order valence-electron chi connectivity index (χ2n) is 4.88. The molecular formula is C12H18ClN3. The molecule has 0 unspecified atom stereocenters. The molecule has 0 radical (unpaired) electrons. The van der Waals surface area contributed by atoms with E-state index in [9.17, 15) is 0 Å². The molecule has 0 bridgehead atoms. The van der Waals surface area contributed by atoms with E-state index >= 15 is 0 Å². The summed E-state index contributed by atoms with van der Waals surface area (Å²) in [7, 11) is 0. The molecule has 1 fully saturated rings. The summed E-state index contributed by atoms with van der Waals surface area (Å²) in [5, 5.41) is 4.18. The van der Waals surface area contributed by atoms with Crippen molar-refractivity contribution in [1.29, 1.82) is 0 Å². The molecule has 2 rings (SSSR count). The number of hydrogen-bond acceptors (Lipinski definition) is 3. The Morgan fingerprint density at radius 3 is 3.06 bits per heavy atom. The average molecular weight is 240 g/mol. The molecule has 1 N–H and O–H groups in total. The molecule has 0 spiro atoms. The summed E-state index contributed by atoms with van der Waals surface area (Å²) in [6.07, 6.45) is 3.52. The molecule has 2 heterocycles. The van der Waals surface area contributed by atoms with Crippen LogP contribution in [0.3, 0.4) is 0 Å². The molecule has 0 aliphatic carbocycles. The third-order valence-electron chi connectivity index (χ3n) is 3.19. The second-order valence-corrected chi connectivity index (χ2v) is 5.29. The standard InChI is InChI=1S/C12H18ClN3/c1-12(2)9-15-5-6-16(12)8-10-3-4-14-7-11(10)13/h3-4,7,15H,5-6,8-9H2,1-2H3. The van der Waals surface area contributed by atoms with Crippen LogP contribution in [0.25, 0.3) is 0 Å². The van der Waals surface area contributed by atoms with E-state index in [1.54, 1.807) is 12.4 Å². The van der Waals surface area contributed by atoms with Gasteiger partial charge in [0.2, 0.25) is 0 Å². The van der Waals surface area contributed by atoms with Gasteiger partial charge in [0.1, 0.15) is 0 Å². The predicted molar refractivity (Wildman–Crippen MR) is 66.6 cm³/mol. The van der Waals surface area contributed by atoms with Crippen LogP contribution in [0.15, 0.2) is 18.5 Å². The van der Waals surface area contributed by atoms with Crippen LogP contribution in [0, 0.1) is 0 Å². The molecule has 0 saturated carbocycles. The minimum atomic E-state index is 0.185. The molecule has 1 saturated heterocycles. The van der Waals surface area contributed by atoms with Gasteiger partial charge in [-0.15, -0.1) is 0 Å². The van der Waals surface area contributed by atoms with Crippen molar-refractivity contribution in [2.45, 2.75) is 25.9 Å². The first-order valence-electron chi connectivity index (χ1n) is 5.64. The quantitative estimate of drug-likeness (QED) is 0.855. The van der Waals surface area contributed by atoms with E-state index in [1.165, 1.54) is 0 Å². The van der Waals surface area contributed by atoms with Gasteiger partial charge in [0.05, 0.1) is 5.02 Å². The van der Waals surface area contributed by atoms with Gasteiger partial charge >= 0.3 is 0 Å². The lowest BCUT2D eigenvalue weighted by molar-refractivity contribution is 0.0828. The Bertz CT molecular complexity index is 365. The summed E-state index contributed by atoms with van der Waals surface area (Å²) >= 11 is 6.13. The molecule has 4 heteroatoms.